The molecule has 1 aromatic rings. The van der Waals surface area contributed by atoms with Gasteiger partial charge in [-0.05, 0) is 17.7 Å². The van der Waals surface area contributed by atoms with Crippen LogP contribution in [-0.2, 0) is 4.79 Å². The quantitative estimate of drug-likeness (QED) is 0.807. The number of carbonyl (C=O) groups is 1. The van der Waals surface area contributed by atoms with Crippen LogP contribution in [0.3, 0.4) is 0 Å². The molecule has 0 saturated carbocycles. The SMILES string of the molecule is O=C(O)CC=Cc1ccc(Cl)cc1. The van der Waals surface area contributed by atoms with E-state index in [4.69, 9.17) is 16.7 Å². The van der Waals surface area contributed by atoms with Crippen LogP contribution in [0.2, 0.25) is 5.02 Å². The average molecular weight is 197 g/mol. The summed E-state index contributed by atoms with van der Waals surface area (Å²) < 4.78 is 0. The molecule has 2 nitrogen and oxygen atoms in total. The average Bonchev–Trinajstić information content (AvgIpc) is 2.08. The third-order valence-corrected chi connectivity index (χ3v) is 1.72. The minimum absolute atomic E-state index is 0.0443. The smallest absolute Gasteiger partial charge is 0.307 e. The Balaban J connectivity index is 2.59. The standard InChI is InChI=1S/C10H9ClO2/c11-9-6-4-8(5-7-9)2-1-3-10(12)13/h1-2,4-7H,3H2,(H,12,13). The van der Waals surface area contributed by atoms with Gasteiger partial charge in [-0.15, -0.1) is 0 Å². The minimum Gasteiger partial charge on any atom is -0.481 e. The summed E-state index contributed by atoms with van der Waals surface area (Å²) in [5.74, 6) is -0.829. The van der Waals surface area contributed by atoms with Gasteiger partial charge >= 0.3 is 5.97 Å². The maximum atomic E-state index is 10.2. The Morgan fingerprint density at radius 3 is 2.54 bits per heavy atom. The van der Waals surface area contributed by atoms with Crippen LogP contribution in [0.1, 0.15) is 12.0 Å². The van der Waals surface area contributed by atoms with Crippen molar-refractivity contribution < 1.29 is 9.90 Å². The maximum Gasteiger partial charge on any atom is 0.307 e. The molecule has 0 spiro atoms. The van der Waals surface area contributed by atoms with Crippen molar-refractivity contribution in [2.75, 3.05) is 0 Å². The number of carboxylic acids is 1. The van der Waals surface area contributed by atoms with Gasteiger partial charge in [-0.25, -0.2) is 0 Å². The zero-order chi connectivity index (χ0) is 9.68. The van der Waals surface area contributed by atoms with Gasteiger partial charge in [0.15, 0.2) is 0 Å². The molecule has 0 amide bonds. The first-order valence-corrected chi connectivity index (χ1v) is 4.20. The molecule has 0 saturated heterocycles. The van der Waals surface area contributed by atoms with E-state index >= 15 is 0 Å². The van der Waals surface area contributed by atoms with Crippen molar-refractivity contribution in [3.63, 3.8) is 0 Å². The lowest BCUT2D eigenvalue weighted by Gasteiger charge is -1.92. The number of aliphatic carboxylic acids is 1. The fourth-order valence-corrected chi connectivity index (χ4v) is 0.996. The number of halogens is 1. The molecule has 0 heterocycles. The molecule has 68 valence electrons. The molecular formula is C10H9ClO2. The number of rotatable bonds is 3. The summed E-state index contributed by atoms with van der Waals surface area (Å²) >= 11 is 5.68. The molecule has 0 fully saturated rings. The number of hydrogen-bond acceptors (Lipinski definition) is 1. The first-order valence-electron chi connectivity index (χ1n) is 3.82. The predicted molar refractivity (Wildman–Crippen MR) is 52.7 cm³/mol. The third kappa shape index (κ3) is 3.76. The molecular weight excluding hydrogens is 188 g/mol. The van der Waals surface area contributed by atoms with Gasteiger partial charge in [-0.1, -0.05) is 35.9 Å². The largest absolute Gasteiger partial charge is 0.481 e. The van der Waals surface area contributed by atoms with Crippen LogP contribution in [0.5, 0.6) is 0 Å². The normalized spacial score (nSPS) is 10.5. The van der Waals surface area contributed by atoms with E-state index in [1.807, 2.05) is 12.1 Å². The molecule has 0 aliphatic heterocycles. The van der Waals surface area contributed by atoms with Crippen LogP contribution in [0, 0.1) is 0 Å². The van der Waals surface area contributed by atoms with Crippen molar-refractivity contribution in [2.45, 2.75) is 6.42 Å². The molecule has 0 aliphatic carbocycles. The highest BCUT2D eigenvalue weighted by Gasteiger charge is 1.90. The van der Waals surface area contributed by atoms with E-state index in [9.17, 15) is 4.79 Å². The lowest BCUT2D eigenvalue weighted by molar-refractivity contribution is -0.135. The van der Waals surface area contributed by atoms with Gasteiger partial charge in [0.05, 0.1) is 6.42 Å². The predicted octanol–water partition coefficient (Wildman–Crippen LogP) is 2.83. The summed E-state index contributed by atoms with van der Waals surface area (Å²) in [4.78, 5) is 10.2. The Morgan fingerprint density at radius 2 is 2.00 bits per heavy atom. The van der Waals surface area contributed by atoms with Gasteiger partial charge in [0.2, 0.25) is 0 Å². The van der Waals surface area contributed by atoms with Crippen molar-refractivity contribution in [3.8, 4) is 0 Å². The van der Waals surface area contributed by atoms with Gasteiger partial charge in [-0.2, -0.15) is 0 Å². The van der Waals surface area contributed by atoms with Gasteiger partial charge in [0, 0.05) is 5.02 Å². The van der Waals surface area contributed by atoms with E-state index in [1.165, 1.54) is 0 Å². The Labute approximate surface area is 81.5 Å². The van der Waals surface area contributed by atoms with Crippen molar-refractivity contribution in [1.29, 1.82) is 0 Å². The van der Waals surface area contributed by atoms with Crippen molar-refractivity contribution in [3.05, 3.63) is 40.9 Å². The second kappa shape index (κ2) is 4.67. The fourth-order valence-electron chi connectivity index (χ4n) is 0.870. The Bertz CT molecular complexity index is 314. The molecule has 0 aliphatic rings. The third-order valence-electron chi connectivity index (χ3n) is 1.47. The van der Waals surface area contributed by atoms with Crippen LogP contribution in [0.15, 0.2) is 30.3 Å². The van der Waals surface area contributed by atoms with Gasteiger partial charge in [0.1, 0.15) is 0 Å². The summed E-state index contributed by atoms with van der Waals surface area (Å²) in [6.07, 6.45) is 3.40. The molecule has 0 radical (unpaired) electrons. The van der Waals surface area contributed by atoms with Crippen LogP contribution in [-0.4, -0.2) is 11.1 Å². The monoisotopic (exact) mass is 196 g/mol. The lowest BCUT2D eigenvalue weighted by atomic mass is 10.2. The van der Waals surface area contributed by atoms with Crippen molar-refractivity contribution in [2.24, 2.45) is 0 Å². The zero-order valence-electron chi connectivity index (χ0n) is 6.90. The molecule has 1 aromatic carbocycles. The Hall–Kier alpha value is -1.28. The summed E-state index contributed by atoms with van der Waals surface area (Å²) in [7, 11) is 0. The van der Waals surface area contributed by atoms with E-state index in [0.29, 0.717) is 5.02 Å². The summed E-state index contributed by atoms with van der Waals surface area (Å²) in [6.45, 7) is 0. The Kier molecular flexibility index (Phi) is 3.53. The van der Waals surface area contributed by atoms with Crippen molar-refractivity contribution in [1.82, 2.24) is 0 Å². The molecule has 3 heteroatoms. The summed E-state index contributed by atoms with van der Waals surface area (Å²) in [5, 5.41) is 9.04. The van der Waals surface area contributed by atoms with E-state index in [-0.39, 0.29) is 6.42 Å². The second-order valence-corrected chi connectivity index (χ2v) is 2.99. The summed E-state index contributed by atoms with van der Waals surface area (Å²) in [5.41, 5.74) is 0.950. The molecule has 0 bridgehead atoms. The van der Waals surface area contributed by atoms with E-state index < -0.39 is 5.97 Å². The van der Waals surface area contributed by atoms with E-state index in [2.05, 4.69) is 0 Å². The highest BCUT2D eigenvalue weighted by molar-refractivity contribution is 6.30. The van der Waals surface area contributed by atoms with Crippen LogP contribution >= 0.6 is 11.6 Å². The first kappa shape index (κ1) is 9.81. The van der Waals surface area contributed by atoms with Gasteiger partial charge in [0.25, 0.3) is 0 Å². The fraction of sp³-hybridized carbons (Fsp3) is 0.100. The topological polar surface area (TPSA) is 37.3 Å². The molecule has 0 unspecified atom stereocenters. The molecule has 0 aromatic heterocycles. The van der Waals surface area contributed by atoms with Gasteiger partial charge in [-0.3, -0.25) is 4.79 Å². The lowest BCUT2D eigenvalue weighted by Crippen LogP contribution is -1.89. The number of carboxylic acid groups (broad SMARTS) is 1. The van der Waals surface area contributed by atoms with Crippen LogP contribution in [0.4, 0.5) is 0 Å². The summed E-state index contributed by atoms with van der Waals surface area (Å²) in [6, 6.07) is 7.20. The highest BCUT2D eigenvalue weighted by Crippen LogP contribution is 2.10. The molecule has 13 heavy (non-hydrogen) atoms. The van der Waals surface area contributed by atoms with Crippen LogP contribution in [0.25, 0.3) is 6.08 Å². The Morgan fingerprint density at radius 1 is 1.38 bits per heavy atom. The zero-order valence-corrected chi connectivity index (χ0v) is 7.66. The molecule has 0 atom stereocenters. The number of benzene rings is 1. The van der Waals surface area contributed by atoms with E-state index in [0.717, 1.165) is 5.56 Å². The molecule has 1 N–H and O–H groups in total. The maximum absolute atomic E-state index is 10.2. The van der Waals surface area contributed by atoms with E-state index in [1.54, 1.807) is 24.3 Å². The molecule has 1 rings (SSSR count). The highest BCUT2D eigenvalue weighted by atomic mass is 35.5. The minimum atomic E-state index is -0.829. The second-order valence-electron chi connectivity index (χ2n) is 2.55. The number of hydrogen-bond donors (Lipinski definition) is 1. The van der Waals surface area contributed by atoms with Gasteiger partial charge < -0.3 is 5.11 Å². The first-order chi connectivity index (χ1) is 6.18. The van der Waals surface area contributed by atoms with Crippen LogP contribution < -0.4 is 0 Å². The van der Waals surface area contributed by atoms with Crippen molar-refractivity contribution >= 4 is 23.6 Å².